The molecular weight excluding hydrogens is 359 g/mol. The summed E-state index contributed by atoms with van der Waals surface area (Å²) in [4.78, 5) is -0.836. The minimum Gasteiger partial charge on any atom is -0.207 e. The predicted molar refractivity (Wildman–Crippen MR) is 79.5 cm³/mol. The molecule has 0 aliphatic heterocycles. The minimum absolute atomic E-state index is 0.0333. The smallest absolute Gasteiger partial charge is 0.207 e. The van der Waals surface area contributed by atoms with Crippen molar-refractivity contribution in [1.82, 2.24) is 24.9 Å². The number of nitrogens with one attached hydrogen (secondary N) is 1. The van der Waals surface area contributed by atoms with Crippen molar-refractivity contribution in [2.24, 2.45) is 0 Å². The molecule has 0 saturated heterocycles. The van der Waals surface area contributed by atoms with Crippen molar-refractivity contribution in [1.29, 1.82) is 0 Å². The van der Waals surface area contributed by atoms with Gasteiger partial charge in [-0.1, -0.05) is 6.07 Å². The van der Waals surface area contributed by atoms with Crippen LogP contribution in [0.25, 0.3) is 5.69 Å². The van der Waals surface area contributed by atoms with E-state index in [1.807, 2.05) is 0 Å². The highest BCUT2D eigenvalue weighted by Crippen LogP contribution is 2.16. The van der Waals surface area contributed by atoms with Crippen LogP contribution in [0.3, 0.4) is 0 Å². The van der Waals surface area contributed by atoms with Gasteiger partial charge in [-0.2, -0.15) is 4.68 Å². The Hall–Kier alpha value is -2.79. The summed E-state index contributed by atoms with van der Waals surface area (Å²) in [5.74, 6) is -2.49. The number of sulfonamides is 1. The number of benzene rings is 2. The second-order valence-corrected chi connectivity index (χ2v) is 6.62. The third-order valence-electron chi connectivity index (χ3n) is 3.19. The topological polar surface area (TPSA) is 89.8 Å². The Bertz CT molecular complexity index is 1020. The van der Waals surface area contributed by atoms with Crippen LogP contribution < -0.4 is 4.72 Å². The molecule has 0 unspecified atom stereocenters. The molecule has 0 aliphatic rings. The van der Waals surface area contributed by atoms with Crippen molar-refractivity contribution < 1.29 is 21.6 Å². The highest BCUT2D eigenvalue weighted by Gasteiger charge is 2.21. The molecule has 0 amide bonds. The van der Waals surface area contributed by atoms with Gasteiger partial charge >= 0.3 is 0 Å². The summed E-state index contributed by atoms with van der Waals surface area (Å²) in [5, 5.41) is 10.7. The number of aromatic nitrogens is 4. The van der Waals surface area contributed by atoms with Crippen molar-refractivity contribution >= 4 is 10.0 Å². The standard InChI is InChI=1S/C14H10F3N5O2S/c15-9-2-1-3-11(6-9)22-14(19-20-21-22)8-18-25(23,24)13-7-10(16)4-5-12(13)17/h1-7,18H,8H2. The first-order chi connectivity index (χ1) is 11.9. The fourth-order valence-corrected chi connectivity index (χ4v) is 3.11. The van der Waals surface area contributed by atoms with Crippen molar-refractivity contribution in [3.63, 3.8) is 0 Å². The second kappa shape index (κ2) is 6.61. The van der Waals surface area contributed by atoms with Gasteiger partial charge in [0.2, 0.25) is 10.0 Å². The molecule has 0 aliphatic carbocycles. The minimum atomic E-state index is -4.34. The number of tetrazole rings is 1. The summed E-state index contributed by atoms with van der Waals surface area (Å²) in [6.45, 7) is -0.415. The van der Waals surface area contributed by atoms with Gasteiger partial charge in [-0.05, 0) is 46.8 Å². The fraction of sp³-hybridized carbons (Fsp3) is 0.0714. The van der Waals surface area contributed by atoms with E-state index in [-0.39, 0.29) is 11.5 Å². The zero-order chi connectivity index (χ0) is 18.0. The largest absolute Gasteiger partial charge is 0.244 e. The third-order valence-corrected chi connectivity index (χ3v) is 4.61. The molecular formula is C14H10F3N5O2S. The summed E-state index contributed by atoms with van der Waals surface area (Å²) in [6.07, 6.45) is 0. The lowest BCUT2D eigenvalue weighted by Gasteiger charge is -2.08. The van der Waals surface area contributed by atoms with Gasteiger partial charge in [0.15, 0.2) is 5.82 Å². The molecule has 3 aromatic rings. The third kappa shape index (κ3) is 3.67. The molecule has 0 bridgehead atoms. The Kier molecular flexibility index (Phi) is 4.51. The maximum Gasteiger partial charge on any atom is 0.244 e. The van der Waals surface area contributed by atoms with E-state index in [9.17, 15) is 21.6 Å². The van der Waals surface area contributed by atoms with E-state index in [0.29, 0.717) is 12.1 Å². The van der Waals surface area contributed by atoms with E-state index in [2.05, 4.69) is 20.2 Å². The number of rotatable bonds is 5. The molecule has 0 spiro atoms. The molecule has 0 radical (unpaired) electrons. The Morgan fingerprint density at radius 1 is 1.04 bits per heavy atom. The van der Waals surface area contributed by atoms with Gasteiger partial charge in [-0.15, -0.1) is 5.10 Å². The molecule has 0 atom stereocenters. The Morgan fingerprint density at radius 3 is 2.56 bits per heavy atom. The zero-order valence-electron chi connectivity index (χ0n) is 12.4. The Labute approximate surface area is 140 Å². The van der Waals surface area contributed by atoms with Crippen LogP contribution in [-0.2, 0) is 16.6 Å². The van der Waals surface area contributed by atoms with Crippen LogP contribution >= 0.6 is 0 Å². The van der Waals surface area contributed by atoms with E-state index in [1.54, 1.807) is 0 Å². The van der Waals surface area contributed by atoms with Crippen LogP contribution in [0, 0.1) is 17.5 Å². The first kappa shape index (κ1) is 17.0. The quantitative estimate of drug-likeness (QED) is 0.737. The average Bonchev–Trinajstić information content (AvgIpc) is 3.04. The van der Waals surface area contributed by atoms with Gasteiger partial charge < -0.3 is 0 Å². The number of nitrogens with zero attached hydrogens (tertiary/aromatic N) is 4. The lowest BCUT2D eigenvalue weighted by atomic mass is 10.3. The van der Waals surface area contributed by atoms with Crippen LogP contribution in [0.15, 0.2) is 47.4 Å². The van der Waals surface area contributed by atoms with E-state index >= 15 is 0 Å². The maximum absolute atomic E-state index is 13.6. The monoisotopic (exact) mass is 369 g/mol. The second-order valence-electron chi connectivity index (χ2n) is 4.89. The molecule has 0 saturated carbocycles. The van der Waals surface area contributed by atoms with Crippen LogP contribution in [0.1, 0.15) is 5.82 Å². The lowest BCUT2D eigenvalue weighted by molar-refractivity contribution is 0.544. The molecule has 1 N–H and O–H groups in total. The normalized spacial score (nSPS) is 11.6. The van der Waals surface area contributed by atoms with Gasteiger partial charge in [0, 0.05) is 0 Å². The van der Waals surface area contributed by atoms with Gasteiger partial charge in [0.05, 0.1) is 12.2 Å². The SMILES string of the molecule is O=S(=O)(NCc1nnnn1-c1cccc(F)c1)c1cc(F)ccc1F. The number of halogens is 3. The molecule has 3 rings (SSSR count). The van der Waals surface area contributed by atoms with Crippen LogP contribution in [-0.4, -0.2) is 28.6 Å². The highest BCUT2D eigenvalue weighted by atomic mass is 32.2. The fourth-order valence-electron chi connectivity index (χ4n) is 2.04. The molecule has 11 heteroatoms. The van der Waals surface area contributed by atoms with Crippen LogP contribution in [0.2, 0.25) is 0 Å². The van der Waals surface area contributed by atoms with E-state index in [4.69, 9.17) is 0 Å². The van der Waals surface area contributed by atoms with Gasteiger partial charge in [0.25, 0.3) is 0 Å². The predicted octanol–water partition coefficient (Wildman–Crippen LogP) is 1.56. The van der Waals surface area contributed by atoms with Gasteiger partial charge in [-0.3, -0.25) is 0 Å². The van der Waals surface area contributed by atoms with Crippen molar-refractivity contribution in [2.45, 2.75) is 11.4 Å². The Balaban J connectivity index is 1.85. The van der Waals surface area contributed by atoms with E-state index in [1.165, 1.54) is 18.2 Å². The molecule has 1 aromatic heterocycles. The number of hydrogen-bond acceptors (Lipinski definition) is 5. The molecule has 7 nitrogen and oxygen atoms in total. The van der Waals surface area contributed by atoms with Crippen molar-refractivity contribution in [2.75, 3.05) is 0 Å². The van der Waals surface area contributed by atoms with E-state index in [0.717, 1.165) is 16.8 Å². The summed E-state index contributed by atoms with van der Waals surface area (Å²) >= 11 is 0. The van der Waals surface area contributed by atoms with Crippen LogP contribution in [0.5, 0.6) is 0 Å². The summed E-state index contributed by atoms with van der Waals surface area (Å²) < 4.78 is 67.6. The van der Waals surface area contributed by atoms with Crippen molar-refractivity contribution in [3.8, 4) is 5.69 Å². The lowest BCUT2D eigenvalue weighted by Crippen LogP contribution is -2.26. The molecule has 1 heterocycles. The first-order valence-corrected chi connectivity index (χ1v) is 8.33. The molecule has 130 valence electrons. The molecule has 2 aromatic carbocycles. The summed E-state index contributed by atoms with van der Waals surface area (Å²) in [5.41, 5.74) is 0.274. The summed E-state index contributed by atoms with van der Waals surface area (Å²) in [6, 6.07) is 7.41. The maximum atomic E-state index is 13.6. The molecule has 0 fully saturated rings. The molecule has 25 heavy (non-hydrogen) atoms. The van der Waals surface area contributed by atoms with E-state index < -0.39 is 38.9 Å². The highest BCUT2D eigenvalue weighted by molar-refractivity contribution is 7.89. The average molecular weight is 369 g/mol. The number of hydrogen-bond donors (Lipinski definition) is 1. The summed E-state index contributed by atoms with van der Waals surface area (Å²) in [7, 11) is -4.34. The zero-order valence-corrected chi connectivity index (χ0v) is 13.2. The van der Waals surface area contributed by atoms with Gasteiger partial charge in [-0.25, -0.2) is 26.3 Å². The first-order valence-electron chi connectivity index (χ1n) is 6.85. The van der Waals surface area contributed by atoms with Crippen molar-refractivity contribution in [3.05, 3.63) is 65.7 Å². The Morgan fingerprint density at radius 2 is 1.80 bits per heavy atom. The van der Waals surface area contributed by atoms with Crippen LogP contribution in [0.4, 0.5) is 13.2 Å². The van der Waals surface area contributed by atoms with Gasteiger partial charge in [0.1, 0.15) is 22.3 Å².